The Balaban J connectivity index is 2.08. The van der Waals surface area contributed by atoms with Crippen LogP contribution in [0.5, 0.6) is 0 Å². The first-order valence-corrected chi connectivity index (χ1v) is 6.24. The molecule has 0 radical (unpaired) electrons. The Morgan fingerprint density at radius 1 is 1.72 bits per heavy atom. The maximum Gasteiger partial charge on any atom is 0.253 e. The predicted octanol–water partition coefficient (Wildman–Crippen LogP) is 0.383. The molecule has 2 unspecified atom stereocenters. The largest absolute Gasteiger partial charge is 0.393 e. The average Bonchev–Trinajstić information content (AvgIpc) is 2.87. The van der Waals surface area contributed by atoms with Gasteiger partial charge in [0.1, 0.15) is 0 Å². The van der Waals surface area contributed by atoms with Gasteiger partial charge in [0.15, 0.2) is 0 Å². The van der Waals surface area contributed by atoms with Crippen LogP contribution in [0, 0.1) is 5.92 Å². The second kappa shape index (κ2) is 5.46. The van der Waals surface area contributed by atoms with Crippen LogP contribution in [0.2, 0.25) is 0 Å². The minimum atomic E-state index is -0.361. The summed E-state index contributed by atoms with van der Waals surface area (Å²) in [4.78, 5) is 18.1. The number of carbonyl (C=O) groups excluding carboxylic acids is 1. The number of nitrogens with zero attached hydrogens (tertiary/aromatic N) is 2. The molecule has 1 aromatic rings. The van der Waals surface area contributed by atoms with Crippen molar-refractivity contribution in [3.63, 3.8) is 0 Å². The van der Waals surface area contributed by atoms with Crippen molar-refractivity contribution in [2.75, 3.05) is 13.1 Å². The zero-order valence-electron chi connectivity index (χ0n) is 10.5. The summed E-state index contributed by atoms with van der Waals surface area (Å²) in [5.41, 5.74) is 6.85. The third-order valence-corrected chi connectivity index (χ3v) is 3.47. The van der Waals surface area contributed by atoms with Crippen LogP contribution in [-0.4, -0.2) is 40.1 Å². The normalized spacial score (nSPS) is 21.1. The van der Waals surface area contributed by atoms with Crippen LogP contribution >= 0.6 is 0 Å². The zero-order valence-corrected chi connectivity index (χ0v) is 10.5. The lowest BCUT2D eigenvalue weighted by molar-refractivity contribution is 0.0762. The number of nitrogens with two attached hydrogens (primary N) is 1. The highest BCUT2D eigenvalue weighted by Gasteiger charge is 2.29. The lowest BCUT2D eigenvalue weighted by atomic mass is 10.0. The minimum absolute atomic E-state index is 0.00440. The van der Waals surface area contributed by atoms with E-state index in [-0.39, 0.29) is 17.9 Å². The molecule has 1 aliphatic rings. The topological polar surface area (TPSA) is 79.5 Å². The molecule has 1 aliphatic heterocycles. The molecule has 0 saturated carbocycles. The van der Waals surface area contributed by atoms with Gasteiger partial charge in [-0.15, -0.1) is 0 Å². The fourth-order valence-corrected chi connectivity index (χ4v) is 2.27. The Hall–Kier alpha value is -1.46. The molecule has 2 atom stereocenters. The number of carbonyl (C=O) groups is 1. The van der Waals surface area contributed by atoms with Gasteiger partial charge >= 0.3 is 0 Å². The van der Waals surface area contributed by atoms with Gasteiger partial charge in [0, 0.05) is 37.3 Å². The standard InChI is InChI=1S/C13H19N3O2/c1-9(17)11-3-5-16(8-11)13(18)10-2-4-15-12(6-10)7-14/h2,4,6,9,11,17H,3,5,7-8,14H2,1H3. The van der Waals surface area contributed by atoms with Crippen molar-refractivity contribution in [1.82, 2.24) is 9.88 Å². The number of aliphatic hydroxyl groups is 1. The molecule has 0 aliphatic carbocycles. The molecular weight excluding hydrogens is 230 g/mol. The molecule has 98 valence electrons. The maximum atomic E-state index is 12.3. The molecule has 2 heterocycles. The van der Waals surface area contributed by atoms with Gasteiger partial charge in [-0.3, -0.25) is 9.78 Å². The van der Waals surface area contributed by atoms with E-state index in [1.54, 1.807) is 30.2 Å². The van der Waals surface area contributed by atoms with Crippen LogP contribution in [0.4, 0.5) is 0 Å². The molecule has 1 saturated heterocycles. The molecule has 1 fully saturated rings. The molecule has 18 heavy (non-hydrogen) atoms. The van der Waals surface area contributed by atoms with E-state index in [1.807, 2.05) is 0 Å². The first kappa shape index (κ1) is 13.0. The lowest BCUT2D eigenvalue weighted by Gasteiger charge is -2.18. The van der Waals surface area contributed by atoms with Gasteiger partial charge in [0.2, 0.25) is 0 Å². The maximum absolute atomic E-state index is 12.3. The molecule has 3 N–H and O–H groups in total. The zero-order chi connectivity index (χ0) is 13.1. The Labute approximate surface area is 107 Å². The summed E-state index contributed by atoms with van der Waals surface area (Å²) >= 11 is 0. The Kier molecular flexibility index (Phi) is 3.93. The third kappa shape index (κ3) is 2.68. The molecule has 5 nitrogen and oxygen atoms in total. The molecule has 0 aromatic carbocycles. The van der Waals surface area contributed by atoms with Crippen LogP contribution in [-0.2, 0) is 6.54 Å². The van der Waals surface area contributed by atoms with Crippen LogP contribution < -0.4 is 5.73 Å². The van der Waals surface area contributed by atoms with E-state index in [4.69, 9.17) is 5.73 Å². The van der Waals surface area contributed by atoms with Crippen molar-refractivity contribution >= 4 is 5.91 Å². The third-order valence-electron chi connectivity index (χ3n) is 3.47. The summed E-state index contributed by atoms with van der Waals surface area (Å²) in [6.07, 6.45) is 2.11. The van der Waals surface area contributed by atoms with E-state index in [9.17, 15) is 9.90 Å². The number of likely N-dealkylation sites (tertiary alicyclic amines) is 1. The molecule has 1 aromatic heterocycles. The Morgan fingerprint density at radius 2 is 2.50 bits per heavy atom. The van der Waals surface area contributed by atoms with Crippen molar-refractivity contribution < 1.29 is 9.90 Å². The lowest BCUT2D eigenvalue weighted by Crippen LogP contribution is -2.30. The van der Waals surface area contributed by atoms with Crippen molar-refractivity contribution in [2.45, 2.75) is 26.0 Å². The van der Waals surface area contributed by atoms with Crippen LogP contribution in [0.1, 0.15) is 29.4 Å². The minimum Gasteiger partial charge on any atom is -0.393 e. The van der Waals surface area contributed by atoms with Gasteiger partial charge in [0.05, 0.1) is 11.8 Å². The second-order valence-electron chi connectivity index (χ2n) is 4.78. The first-order valence-electron chi connectivity index (χ1n) is 6.24. The van der Waals surface area contributed by atoms with E-state index < -0.39 is 0 Å². The fraction of sp³-hybridized carbons (Fsp3) is 0.538. The summed E-state index contributed by atoms with van der Waals surface area (Å²) in [6.45, 7) is 3.43. The summed E-state index contributed by atoms with van der Waals surface area (Å²) < 4.78 is 0. The number of aliphatic hydroxyl groups excluding tert-OH is 1. The van der Waals surface area contributed by atoms with E-state index >= 15 is 0 Å². The molecule has 0 spiro atoms. The van der Waals surface area contributed by atoms with E-state index in [0.717, 1.165) is 6.42 Å². The van der Waals surface area contributed by atoms with Crippen molar-refractivity contribution in [3.8, 4) is 0 Å². The fourth-order valence-electron chi connectivity index (χ4n) is 2.27. The summed E-state index contributed by atoms with van der Waals surface area (Å²) in [5.74, 6) is 0.181. The quantitative estimate of drug-likeness (QED) is 0.812. The van der Waals surface area contributed by atoms with E-state index in [1.165, 1.54) is 0 Å². The van der Waals surface area contributed by atoms with Gasteiger partial charge in [-0.05, 0) is 25.5 Å². The summed E-state index contributed by atoms with van der Waals surface area (Å²) in [5, 5.41) is 9.54. The molecular formula is C13H19N3O2. The van der Waals surface area contributed by atoms with Gasteiger partial charge in [-0.2, -0.15) is 0 Å². The van der Waals surface area contributed by atoms with Gasteiger partial charge in [-0.25, -0.2) is 0 Å². The number of rotatable bonds is 3. The molecule has 0 bridgehead atoms. The van der Waals surface area contributed by atoms with Crippen molar-refractivity contribution in [2.24, 2.45) is 11.7 Å². The smallest absolute Gasteiger partial charge is 0.253 e. The van der Waals surface area contributed by atoms with Crippen LogP contribution in [0.25, 0.3) is 0 Å². The van der Waals surface area contributed by atoms with Gasteiger partial charge < -0.3 is 15.7 Å². The van der Waals surface area contributed by atoms with E-state index in [0.29, 0.717) is 30.9 Å². The monoisotopic (exact) mass is 249 g/mol. The highest BCUT2D eigenvalue weighted by molar-refractivity contribution is 5.94. The number of aromatic nitrogens is 1. The Bertz CT molecular complexity index is 434. The number of pyridine rings is 1. The van der Waals surface area contributed by atoms with Gasteiger partial charge in [0.25, 0.3) is 5.91 Å². The molecule has 5 heteroatoms. The molecule has 1 amide bonds. The van der Waals surface area contributed by atoms with Gasteiger partial charge in [-0.1, -0.05) is 0 Å². The number of hydrogen-bond donors (Lipinski definition) is 2. The van der Waals surface area contributed by atoms with Crippen molar-refractivity contribution in [1.29, 1.82) is 0 Å². The second-order valence-corrected chi connectivity index (χ2v) is 4.78. The van der Waals surface area contributed by atoms with E-state index in [2.05, 4.69) is 4.98 Å². The summed E-state index contributed by atoms with van der Waals surface area (Å²) in [7, 11) is 0. The highest BCUT2D eigenvalue weighted by atomic mass is 16.3. The van der Waals surface area contributed by atoms with Crippen LogP contribution in [0.3, 0.4) is 0 Å². The average molecular weight is 249 g/mol. The number of hydrogen-bond acceptors (Lipinski definition) is 4. The SMILES string of the molecule is CC(O)C1CCN(C(=O)c2ccnc(CN)c2)C1. The number of amides is 1. The predicted molar refractivity (Wildman–Crippen MR) is 67.8 cm³/mol. The first-order chi connectivity index (χ1) is 8.61. The summed E-state index contributed by atoms with van der Waals surface area (Å²) in [6, 6.07) is 3.44. The van der Waals surface area contributed by atoms with Crippen molar-refractivity contribution in [3.05, 3.63) is 29.6 Å². The Morgan fingerprint density at radius 3 is 3.11 bits per heavy atom. The van der Waals surface area contributed by atoms with Crippen LogP contribution in [0.15, 0.2) is 18.3 Å². The highest BCUT2D eigenvalue weighted by Crippen LogP contribution is 2.21. The molecule has 2 rings (SSSR count).